The van der Waals surface area contributed by atoms with E-state index < -0.39 is 16.0 Å². The topological polar surface area (TPSA) is 92.7 Å². The Morgan fingerprint density at radius 1 is 1.35 bits per heavy atom. The zero-order chi connectivity index (χ0) is 15.0. The number of hydrogen-bond acceptors (Lipinski definition) is 4. The Balaban J connectivity index is 2.50. The number of nitrogens with one attached hydrogen (secondary N) is 1. The smallest absolute Gasteiger partial charge is 0.335 e. The summed E-state index contributed by atoms with van der Waals surface area (Å²) in [5.41, 5.74) is 0.811. The van der Waals surface area contributed by atoms with E-state index in [-0.39, 0.29) is 17.9 Å². The fourth-order valence-corrected chi connectivity index (χ4v) is 2.81. The van der Waals surface area contributed by atoms with Gasteiger partial charge in [0.1, 0.15) is 0 Å². The lowest BCUT2D eigenvalue weighted by Gasteiger charge is -2.08. The summed E-state index contributed by atoms with van der Waals surface area (Å²) in [6.45, 7) is 0.572. The highest BCUT2D eigenvalue weighted by molar-refractivity contribution is 7.89. The molecule has 0 saturated heterocycles. The van der Waals surface area contributed by atoms with Gasteiger partial charge < -0.3 is 9.84 Å². The summed E-state index contributed by atoms with van der Waals surface area (Å²) in [5, 5.41) is 9.02. The molecule has 0 amide bonds. The molecule has 0 aromatic heterocycles. The number of carboxylic acid groups (broad SMARTS) is 1. The summed E-state index contributed by atoms with van der Waals surface area (Å²) in [7, 11) is -1.82. The molecule has 6 nitrogen and oxygen atoms in total. The number of ether oxygens (including phenoxy) is 1. The third kappa shape index (κ3) is 5.68. The average Bonchev–Trinajstić information content (AvgIpc) is 2.39. The van der Waals surface area contributed by atoms with E-state index in [1.165, 1.54) is 13.2 Å². The SMILES string of the molecule is COCCCS(=O)(=O)NCCc1ccccc1C(=O)O. The lowest BCUT2D eigenvalue weighted by molar-refractivity contribution is 0.0695. The van der Waals surface area contributed by atoms with Gasteiger partial charge in [-0.25, -0.2) is 17.9 Å². The van der Waals surface area contributed by atoms with E-state index in [2.05, 4.69) is 4.72 Å². The third-order valence-electron chi connectivity index (χ3n) is 2.73. The zero-order valence-electron chi connectivity index (χ0n) is 11.3. The van der Waals surface area contributed by atoms with E-state index >= 15 is 0 Å². The maximum absolute atomic E-state index is 11.6. The Hall–Kier alpha value is -1.44. The lowest BCUT2D eigenvalue weighted by Crippen LogP contribution is -2.29. The molecule has 0 bridgehead atoms. The molecule has 0 unspecified atom stereocenters. The predicted octanol–water partition coefficient (Wildman–Crippen LogP) is 0.883. The van der Waals surface area contributed by atoms with E-state index in [9.17, 15) is 13.2 Å². The van der Waals surface area contributed by atoms with Crippen LogP contribution in [0.3, 0.4) is 0 Å². The standard InChI is InChI=1S/C13H19NO5S/c1-19-9-4-10-20(17,18)14-8-7-11-5-2-3-6-12(11)13(15)16/h2-3,5-6,14H,4,7-10H2,1H3,(H,15,16). The van der Waals surface area contributed by atoms with Gasteiger partial charge in [-0.2, -0.15) is 0 Å². The molecule has 0 aliphatic heterocycles. The van der Waals surface area contributed by atoms with Crippen LogP contribution >= 0.6 is 0 Å². The Morgan fingerprint density at radius 3 is 2.70 bits per heavy atom. The van der Waals surface area contributed by atoms with Gasteiger partial charge in [0.05, 0.1) is 11.3 Å². The molecule has 0 fully saturated rings. The molecular formula is C13H19NO5S. The first-order chi connectivity index (χ1) is 9.46. The van der Waals surface area contributed by atoms with Gasteiger partial charge in [0.25, 0.3) is 0 Å². The number of methoxy groups -OCH3 is 1. The minimum Gasteiger partial charge on any atom is -0.478 e. The second-order valence-corrected chi connectivity index (χ2v) is 6.20. The fourth-order valence-electron chi connectivity index (χ4n) is 1.75. The van der Waals surface area contributed by atoms with Crippen molar-refractivity contribution < 1.29 is 23.1 Å². The Kier molecular flexibility index (Phi) is 6.63. The molecule has 0 spiro atoms. The third-order valence-corrected chi connectivity index (χ3v) is 4.20. The van der Waals surface area contributed by atoms with E-state index in [0.717, 1.165) is 0 Å². The van der Waals surface area contributed by atoms with E-state index in [4.69, 9.17) is 9.84 Å². The van der Waals surface area contributed by atoms with Gasteiger partial charge in [-0.05, 0) is 24.5 Å². The van der Waals surface area contributed by atoms with Gasteiger partial charge in [-0.1, -0.05) is 18.2 Å². The van der Waals surface area contributed by atoms with Crippen LogP contribution in [-0.2, 0) is 21.2 Å². The first-order valence-corrected chi connectivity index (χ1v) is 7.89. The fraction of sp³-hybridized carbons (Fsp3) is 0.462. The van der Waals surface area contributed by atoms with Crippen LogP contribution in [0.2, 0.25) is 0 Å². The summed E-state index contributed by atoms with van der Waals surface area (Å²) in [6.07, 6.45) is 0.767. The molecule has 0 heterocycles. The van der Waals surface area contributed by atoms with Gasteiger partial charge in [0, 0.05) is 20.3 Å². The predicted molar refractivity (Wildman–Crippen MR) is 75.4 cm³/mol. The highest BCUT2D eigenvalue weighted by Crippen LogP contribution is 2.09. The van der Waals surface area contributed by atoms with Crippen LogP contribution in [0.4, 0.5) is 0 Å². The van der Waals surface area contributed by atoms with Gasteiger partial charge in [-0.15, -0.1) is 0 Å². The van der Waals surface area contributed by atoms with Crippen LogP contribution in [0.1, 0.15) is 22.3 Å². The molecule has 0 saturated carbocycles. The van der Waals surface area contributed by atoms with Crippen molar-refractivity contribution in [3.05, 3.63) is 35.4 Å². The number of hydrogen-bond donors (Lipinski definition) is 2. The van der Waals surface area contributed by atoms with Crippen molar-refractivity contribution in [3.8, 4) is 0 Å². The van der Waals surface area contributed by atoms with Crippen molar-refractivity contribution in [3.63, 3.8) is 0 Å². The molecule has 0 atom stereocenters. The van der Waals surface area contributed by atoms with Crippen LogP contribution in [0.15, 0.2) is 24.3 Å². The van der Waals surface area contributed by atoms with Crippen molar-refractivity contribution >= 4 is 16.0 Å². The van der Waals surface area contributed by atoms with Gasteiger partial charge in [-0.3, -0.25) is 0 Å². The summed E-state index contributed by atoms with van der Waals surface area (Å²) < 4.78 is 30.5. The molecule has 1 aromatic carbocycles. The van der Waals surface area contributed by atoms with E-state index in [1.807, 2.05) is 0 Å². The van der Waals surface area contributed by atoms with Gasteiger partial charge in [0.2, 0.25) is 10.0 Å². The highest BCUT2D eigenvalue weighted by Gasteiger charge is 2.12. The molecule has 20 heavy (non-hydrogen) atoms. The average molecular weight is 301 g/mol. The maximum Gasteiger partial charge on any atom is 0.335 e. The Labute approximate surface area is 118 Å². The van der Waals surface area contributed by atoms with Crippen molar-refractivity contribution in [2.45, 2.75) is 12.8 Å². The molecule has 1 rings (SSSR count). The highest BCUT2D eigenvalue weighted by atomic mass is 32.2. The zero-order valence-corrected chi connectivity index (χ0v) is 12.1. The van der Waals surface area contributed by atoms with Crippen LogP contribution in [0.25, 0.3) is 0 Å². The molecule has 1 aromatic rings. The van der Waals surface area contributed by atoms with Crippen LogP contribution in [-0.4, -0.2) is 45.5 Å². The number of aromatic carboxylic acids is 1. The quantitative estimate of drug-likeness (QED) is 0.661. The van der Waals surface area contributed by atoms with Crippen molar-refractivity contribution in [1.82, 2.24) is 4.72 Å². The number of carbonyl (C=O) groups is 1. The van der Waals surface area contributed by atoms with Gasteiger partial charge >= 0.3 is 5.97 Å². The maximum atomic E-state index is 11.6. The van der Waals surface area contributed by atoms with E-state index in [0.29, 0.717) is 25.0 Å². The molecule has 0 radical (unpaired) electrons. The second kappa shape index (κ2) is 7.98. The molecule has 112 valence electrons. The first kappa shape index (κ1) is 16.6. The van der Waals surface area contributed by atoms with Crippen LogP contribution < -0.4 is 4.72 Å². The minimum atomic E-state index is -3.33. The summed E-state index contributed by atoms with van der Waals surface area (Å²) in [6, 6.07) is 6.56. The largest absolute Gasteiger partial charge is 0.478 e. The summed E-state index contributed by atoms with van der Waals surface area (Å²) in [5.74, 6) is -1.01. The lowest BCUT2D eigenvalue weighted by atomic mass is 10.1. The van der Waals surface area contributed by atoms with Crippen molar-refractivity contribution in [2.24, 2.45) is 0 Å². The second-order valence-electron chi connectivity index (χ2n) is 4.27. The Morgan fingerprint density at radius 2 is 2.05 bits per heavy atom. The molecule has 2 N–H and O–H groups in total. The normalized spacial score (nSPS) is 11.4. The van der Waals surface area contributed by atoms with Crippen molar-refractivity contribution in [2.75, 3.05) is 26.0 Å². The van der Waals surface area contributed by atoms with Gasteiger partial charge in [0.15, 0.2) is 0 Å². The Bertz CT molecular complexity index is 541. The number of rotatable bonds is 9. The van der Waals surface area contributed by atoms with Crippen molar-refractivity contribution in [1.29, 1.82) is 0 Å². The number of carboxylic acids is 1. The van der Waals surface area contributed by atoms with E-state index in [1.54, 1.807) is 18.2 Å². The first-order valence-electron chi connectivity index (χ1n) is 6.24. The minimum absolute atomic E-state index is 0.00141. The number of sulfonamides is 1. The van der Waals surface area contributed by atoms with Crippen LogP contribution in [0.5, 0.6) is 0 Å². The molecular weight excluding hydrogens is 282 g/mol. The number of benzene rings is 1. The van der Waals surface area contributed by atoms with Crippen LogP contribution in [0, 0.1) is 0 Å². The monoisotopic (exact) mass is 301 g/mol. The molecule has 0 aliphatic carbocycles. The summed E-state index contributed by atoms with van der Waals surface area (Å²) >= 11 is 0. The molecule has 0 aliphatic rings. The molecule has 7 heteroatoms. The summed E-state index contributed by atoms with van der Waals surface area (Å²) in [4.78, 5) is 11.0.